The lowest BCUT2D eigenvalue weighted by Crippen LogP contribution is -2.40. The summed E-state index contributed by atoms with van der Waals surface area (Å²) in [6, 6.07) is -0.770. The highest BCUT2D eigenvalue weighted by Crippen LogP contribution is 2.11. The maximum Gasteiger partial charge on any atom is 0.328 e. The molecule has 0 unspecified atom stereocenters. The molecular weight excluding hydrogens is 302 g/mol. The van der Waals surface area contributed by atoms with Crippen molar-refractivity contribution < 1.29 is 28.6 Å². The Morgan fingerprint density at radius 1 is 1.09 bits per heavy atom. The Labute approximate surface area is 136 Å². The minimum atomic E-state index is -0.770. The molecule has 4 atom stereocenters. The topological polar surface area (TPSA) is 90.9 Å². The molecule has 0 aromatic carbocycles. The van der Waals surface area contributed by atoms with Gasteiger partial charge in [-0.25, -0.2) is 4.79 Å². The van der Waals surface area contributed by atoms with E-state index in [0.29, 0.717) is 0 Å². The minimum absolute atomic E-state index is 0.0312. The first-order chi connectivity index (χ1) is 10.8. The molecule has 1 N–H and O–H groups in total. The molecule has 0 aromatic heterocycles. The van der Waals surface area contributed by atoms with E-state index >= 15 is 0 Å². The summed E-state index contributed by atoms with van der Waals surface area (Å²) < 4.78 is 15.6. The Morgan fingerprint density at radius 3 is 2.39 bits per heavy atom. The molecule has 1 aliphatic rings. The molecule has 0 saturated heterocycles. The maximum absolute atomic E-state index is 11.9. The number of rotatable bonds is 1. The predicted molar refractivity (Wildman–Crippen MR) is 82.4 cm³/mol. The van der Waals surface area contributed by atoms with Crippen LogP contribution in [0.5, 0.6) is 0 Å². The monoisotopic (exact) mass is 327 g/mol. The lowest BCUT2D eigenvalue weighted by atomic mass is 10.0. The molecule has 1 rings (SSSR count). The minimum Gasteiger partial charge on any atom is -0.463 e. The van der Waals surface area contributed by atoms with Crippen molar-refractivity contribution in [2.45, 2.75) is 39.3 Å². The van der Waals surface area contributed by atoms with Gasteiger partial charge >= 0.3 is 11.9 Å². The fraction of sp³-hybridized carbons (Fsp3) is 0.688. The lowest BCUT2D eigenvalue weighted by Gasteiger charge is -2.21. The number of carbonyl (C=O) groups is 3. The molecule has 1 aliphatic heterocycles. The van der Waals surface area contributed by atoms with Crippen molar-refractivity contribution in [3.05, 3.63) is 12.2 Å². The fourth-order valence-corrected chi connectivity index (χ4v) is 2.01. The highest BCUT2D eigenvalue weighted by atomic mass is 16.6. The van der Waals surface area contributed by atoms with Crippen molar-refractivity contribution in [1.29, 1.82) is 0 Å². The largest absolute Gasteiger partial charge is 0.463 e. The highest BCUT2D eigenvalue weighted by molar-refractivity contribution is 5.85. The Bertz CT molecular complexity index is 461. The highest BCUT2D eigenvalue weighted by Gasteiger charge is 2.23. The van der Waals surface area contributed by atoms with Gasteiger partial charge in [0.05, 0.1) is 12.0 Å². The number of ether oxygens (including phenoxy) is 3. The zero-order valence-corrected chi connectivity index (χ0v) is 14.0. The van der Waals surface area contributed by atoms with Crippen molar-refractivity contribution in [3.8, 4) is 0 Å². The number of esters is 2. The van der Waals surface area contributed by atoms with Crippen molar-refractivity contribution in [3.63, 3.8) is 0 Å². The van der Waals surface area contributed by atoms with Gasteiger partial charge in [0.2, 0.25) is 5.91 Å². The molecule has 0 radical (unpaired) electrons. The van der Waals surface area contributed by atoms with Crippen LogP contribution in [0.1, 0.15) is 27.2 Å². The first-order valence-corrected chi connectivity index (χ1v) is 7.67. The van der Waals surface area contributed by atoms with Crippen LogP contribution in [0.3, 0.4) is 0 Å². The summed E-state index contributed by atoms with van der Waals surface area (Å²) in [5.41, 5.74) is 0. The van der Waals surface area contributed by atoms with Crippen molar-refractivity contribution in [2.24, 2.45) is 11.8 Å². The second-order valence-corrected chi connectivity index (χ2v) is 5.72. The van der Waals surface area contributed by atoms with Crippen LogP contribution in [0, 0.1) is 11.8 Å². The zero-order valence-electron chi connectivity index (χ0n) is 14.0. The molecule has 23 heavy (non-hydrogen) atoms. The Morgan fingerprint density at radius 2 is 1.74 bits per heavy atom. The number of amides is 1. The molecule has 0 bridgehead atoms. The molecule has 0 spiro atoms. The van der Waals surface area contributed by atoms with Gasteiger partial charge in [-0.15, -0.1) is 0 Å². The smallest absolute Gasteiger partial charge is 0.328 e. The quantitative estimate of drug-likeness (QED) is 0.566. The average molecular weight is 327 g/mol. The Kier molecular flexibility index (Phi) is 7.74. The van der Waals surface area contributed by atoms with E-state index in [2.05, 4.69) is 5.32 Å². The second kappa shape index (κ2) is 9.29. The van der Waals surface area contributed by atoms with Gasteiger partial charge in [-0.3, -0.25) is 9.59 Å². The van der Waals surface area contributed by atoms with Crippen LogP contribution < -0.4 is 5.32 Å². The maximum atomic E-state index is 11.9. The summed E-state index contributed by atoms with van der Waals surface area (Å²) in [4.78, 5) is 35.4. The third-order valence-electron chi connectivity index (χ3n) is 3.63. The molecule has 0 saturated carbocycles. The fourth-order valence-electron chi connectivity index (χ4n) is 2.01. The van der Waals surface area contributed by atoms with E-state index in [0.717, 1.165) is 0 Å². The van der Waals surface area contributed by atoms with Crippen LogP contribution in [0.15, 0.2) is 12.2 Å². The average Bonchev–Trinajstić information content (AvgIpc) is 2.51. The molecule has 1 amide bonds. The normalized spacial score (nSPS) is 32.8. The third-order valence-corrected chi connectivity index (χ3v) is 3.63. The third kappa shape index (κ3) is 6.40. The van der Waals surface area contributed by atoms with E-state index in [1.165, 1.54) is 14.0 Å². The van der Waals surface area contributed by atoms with Gasteiger partial charge in [-0.2, -0.15) is 0 Å². The van der Waals surface area contributed by atoms with E-state index in [1.807, 2.05) is 13.0 Å². The van der Waals surface area contributed by atoms with Crippen LogP contribution >= 0.6 is 0 Å². The summed E-state index contributed by atoms with van der Waals surface area (Å²) >= 11 is 0. The Balaban J connectivity index is 2.83. The van der Waals surface area contributed by atoms with Gasteiger partial charge in [0, 0.05) is 19.4 Å². The van der Waals surface area contributed by atoms with Crippen LogP contribution in [-0.4, -0.2) is 50.3 Å². The van der Waals surface area contributed by atoms with Crippen LogP contribution in [0.4, 0.5) is 0 Å². The van der Waals surface area contributed by atoms with E-state index in [4.69, 9.17) is 14.2 Å². The van der Waals surface area contributed by atoms with Crippen LogP contribution in [0.2, 0.25) is 0 Å². The number of methoxy groups -OCH3 is 1. The zero-order chi connectivity index (χ0) is 17.4. The molecular formula is C16H25NO6. The van der Waals surface area contributed by atoms with E-state index in [1.54, 1.807) is 13.0 Å². The van der Waals surface area contributed by atoms with E-state index in [9.17, 15) is 14.4 Å². The summed E-state index contributed by atoms with van der Waals surface area (Å²) in [7, 11) is 1.54. The van der Waals surface area contributed by atoms with Crippen LogP contribution in [0.25, 0.3) is 0 Å². The van der Waals surface area contributed by atoms with Gasteiger partial charge in [0.15, 0.2) is 0 Å². The summed E-state index contributed by atoms with van der Waals surface area (Å²) in [5, 5.41) is 2.55. The van der Waals surface area contributed by atoms with Gasteiger partial charge in [-0.05, 0) is 13.8 Å². The molecule has 130 valence electrons. The molecule has 7 heteroatoms. The standard InChI is InChI=1S/C16H25NO6/c1-10-6-5-7-14(18)17-12(3)16(20)22-8-11(2)15(19)23-9-13(10)21-4/h5-6,10-13H,7-9H2,1-4H3,(H,17,18)/b6-5+/t10-,11-,12+,13-/m1/s1. The van der Waals surface area contributed by atoms with E-state index < -0.39 is 23.9 Å². The molecule has 0 aromatic rings. The SMILES string of the molecule is CO[C@@H]1COC(=O)[C@H](C)COC(=O)[C@H](C)NC(=O)C/C=C/[C@H]1C. The first-order valence-electron chi connectivity index (χ1n) is 7.67. The van der Waals surface area contributed by atoms with Gasteiger partial charge in [0.25, 0.3) is 0 Å². The van der Waals surface area contributed by atoms with E-state index in [-0.39, 0.29) is 37.6 Å². The van der Waals surface area contributed by atoms with Gasteiger partial charge in [-0.1, -0.05) is 19.1 Å². The molecule has 0 fully saturated rings. The van der Waals surface area contributed by atoms with Gasteiger partial charge in [0.1, 0.15) is 19.3 Å². The van der Waals surface area contributed by atoms with Crippen molar-refractivity contribution >= 4 is 17.8 Å². The second-order valence-electron chi connectivity index (χ2n) is 5.72. The number of cyclic esters (lactones) is 2. The van der Waals surface area contributed by atoms with Crippen LogP contribution in [-0.2, 0) is 28.6 Å². The lowest BCUT2D eigenvalue weighted by molar-refractivity contribution is -0.158. The summed E-state index contributed by atoms with van der Waals surface area (Å²) in [6.07, 6.45) is 3.37. The molecule has 0 aliphatic carbocycles. The number of hydrogen-bond acceptors (Lipinski definition) is 6. The molecule has 1 heterocycles. The predicted octanol–water partition coefficient (Wildman–Crippen LogP) is 0.825. The first kappa shape index (κ1) is 19.2. The summed E-state index contributed by atoms with van der Waals surface area (Å²) in [5.74, 6) is -1.93. The number of nitrogens with one attached hydrogen (secondary N) is 1. The summed E-state index contributed by atoms with van der Waals surface area (Å²) in [6.45, 7) is 5.06. The molecule has 7 nitrogen and oxygen atoms in total. The van der Waals surface area contributed by atoms with Crippen molar-refractivity contribution in [2.75, 3.05) is 20.3 Å². The Hall–Kier alpha value is -1.89. The number of hydrogen-bond donors (Lipinski definition) is 1. The van der Waals surface area contributed by atoms with Crippen molar-refractivity contribution in [1.82, 2.24) is 5.32 Å². The van der Waals surface area contributed by atoms with Gasteiger partial charge < -0.3 is 19.5 Å². The number of carbonyl (C=O) groups excluding carboxylic acids is 3.